The molecule has 1 aromatic rings. The summed E-state index contributed by atoms with van der Waals surface area (Å²) in [5.74, 6) is 0.577. The number of hydrogen-bond acceptors (Lipinski definition) is 3. The fraction of sp³-hybridized carbons (Fsp3) is 0.556. The molecule has 1 aromatic carbocycles. The first-order valence-electron chi connectivity index (χ1n) is 8.35. The number of benzene rings is 1. The number of likely N-dealkylation sites (tertiary alicyclic amines) is 1. The molecular weight excluding hydrogens is 290 g/mol. The summed E-state index contributed by atoms with van der Waals surface area (Å²) in [6, 6.07) is 7.45. The molecule has 0 bridgehead atoms. The van der Waals surface area contributed by atoms with Crippen LogP contribution in [0, 0.1) is 11.8 Å². The van der Waals surface area contributed by atoms with Gasteiger partial charge in [0.15, 0.2) is 0 Å². The van der Waals surface area contributed by atoms with Crippen molar-refractivity contribution < 1.29 is 9.59 Å². The van der Waals surface area contributed by atoms with E-state index < -0.39 is 0 Å². The van der Waals surface area contributed by atoms with Crippen molar-refractivity contribution in [3.8, 4) is 0 Å². The number of piperidine rings is 1. The summed E-state index contributed by atoms with van der Waals surface area (Å²) in [6.45, 7) is 5.97. The maximum atomic E-state index is 12.5. The van der Waals surface area contributed by atoms with E-state index in [0.717, 1.165) is 31.5 Å². The maximum Gasteiger partial charge on any atom is 0.226 e. The highest BCUT2D eigenvalue weighted by Crippen LogP contribution is 2.17. The molecule has 1 unspecified atom stereocenters. The minimum absolute atomic E-state index is 0.00171. The lowest BCUT2D eigenvalue weighted by Gasteiger charge is -2.33. The van der Waals surface area contributed by atoms with Crippen LogP contribution in [0.25, 0.3) is 0 Å². The Morgan fingerprint density at radius 2 is 2.00 bits per heavy atom. The lowest BCUT2D eigenvalue weighted by atomic mass is 9.97. The lowest BCUT2D eigenvalue weighted by Crippen LogP contribution is -2.44. The van der Waals surface area contributed by atoms with Gasteiger partial charge in [-0.2, -0.15) is 0 Å². The molecule has 1 heterocycles. The average molecular weight is 317 g/mol. The van der Waals surface area contributed by atoms with Crippen LogP contribution in [0.2, 0.25) is 0 Å². The number of hydrogen-bond donors (Lipinski definition) is 2. The number of rotatable bonds is 5. The highest BCUT2D eigenvalue weighted by Gasteiger charge is 2.24. The van der Waals surface area contributed by atoms with E-state index in [0.29, 0.717) is 24.6 Å². The molecule has 0 aromatic heterocycles. The summed E-state index contributed by atoms with van der Waals surface area (Å²) in [6.07, 6.45) is 2.46. The zero-order chi connectivity index (χ0) is 16.8. The van der Waals surface area contributed by atoms with Gasteiger partial charge >= 0.3 is 0 Å². The standard InChI is InChI=1S/C18H27N3O2/c1-13(2)18(23)20-11-15-4-3-9-21(12-15)17(22)10-14-5-7-16(19)8-6-14/h5-8,13,15H,3-4,9-12,19H2,1-2H3,(H,20,23). The van der Waals surface area contributed by atoms with E-state index >= 15 is 0 Å². The van der Waals surface area contributed by atoms with Crippen molar-refractivity contribution in [1.29, 1.82) is 0 Å². The maximum absolute atomic E-state index is 12.5. The monoisotopic (exact) mass is 317 g/mol. The topological polar surface area (TPSA) is 75.4 Å². The zero-order valence-electron chi connectivity index (χ0n) is 14.0. The van der Waals surface area contributed by atoms with Gasteiger partial charge in [-0.3, -0.25) is 9.59 Å². The molecule has 0 spiro atoms. The van der Waals surface area contributed by atoms with Gasteiger partial charge in [-0.1, -0.05) is 26.0 Å². The van der Waals surface area contributed by atoms with E-state index in [-0.39, 0.29) is 17.7 Å². The smallest absolute Gasteiger partial charge is 0.226 e. The molecule has 2 amide bonds. The van der Waals surface area contributed by atoms with Crippen LogP contribution in [0.5, 0.6) is 0 Å². The van der Waals surface area contributed by atoms with Gasteiger partial charge in [0.2, 0.25) is 11.8 Å². The van der Waals surface area contributed by atoms with Crippen LogP contribution < -0.4 is 11.1 Å². The minimum Gasteiger partial charge on any atom is -0.399 e. The molecule has 126 valence electrons. The molecular formula is C18H27N3O2. The van der Waals surface area contributed by atoms with Gasteiger partial charge in [0.1, 0.15) is 0 Å². The molecule has 1 atom stereocenters. The highest BCUT2D eigenvalue weighted by molar-refractivity contribution is 5.79. The Balaban J connectivity index is 1.83. The van der Waals surface area contributed by atoms with Crippen LogP contribution >= 0.6 is 0 Å². The highest BCUT2D eigenvalue weighted by atomic mass is 16.2. The van der Waals surface area contributed by atoms with Crippen molar-refractivity contribution in [3.63, 3.8) is 0 Å². The molecule has 1 fully saturated rings. The van der Waals surface area contributed by atoms with Gasteiger partial charge in [0.25, 0.3) is 0 Å². The Bertz CT molecular complexity index is 540. The summed E-state index contributed by atoms with van der Waals surface area (Å²) in [4.78, 5) is 26.0. The van der Waals surface area contributed by atoms with E-state index in [1.807, 2.05) is 43.0 Å². The van der Waals surface area contributed by atoms with Gasteiger partial charge in [0, 0.05) is 31.2 Å². The first-order chi connectivity index (χ1) is 11.0. The summed E-state index contributed by atoms with van der Waals surface area (Å²) in [5, 5.41) is 2.98. The number of carbonyl (C=O) groups is 2. The Morgan fingerprint density at radius 1 is 1.30 bits per heavy atom. The molecule has 0 aliphatic carbocycles. The van der Waals surface area contributed by atoms with Gasteiger partial charge < -0.3 is 16.0 Å². The van der Waals surface area contributed by atoms with Crippen molar-refractivity contribution in [1.82, 2.24) is 10.2 Å². The van der Waals surface area contributed by atoms with Crippen LogP contribution in [0.4, 0.5) is 5.69 Å². The summed E-state index contributed by atoms with van der Waals surface area (Å²) < 4.78 is 0. The Hall–Kier alpha value is -2.04. The molecule has 0 saturated carbocycles. The average Bonchev–Trinajstić information content (AvgIpc) is 2.54. The van der Waals surface area contributed by atoms with Crippen molar-refractivity contribution in [3.05, 3.63) is 29.8 Å². The predicted molar refractivity (Wildman–Crippen MR) is 91.7 cm³/mol. The molecule has 0 radical (unpaired) electrons. The van der Waals surface area contributed by atoms with Crippen LogP contribution in [0.15, 0.2) is 24.3 Å². The second kappa shape index (κ2) is 7.99. The number of nitrogens with one attached hydrogen (secondary N) is 1. The Kier molecular flexibility index (Phi) is 6.02. The summed E-state index contributed by atoms with van der Waals surface area (Å²) >= 11 is 0. The molecule has 5 heteroatoms. The van der Waals surface area contributed by atoms with Crippen molar-refractivity contribution in [2.75, 3.05) is 25.4 Å². The van der Waals surface area contributed by atoms with Crippen LogP contribution in [0.3, 0.4) is 0 Å². The van der Waals surface area contributed by atoms with Crippen LogP contribution in [0.1, 0.15) is 32.3 Å². The predicted octanol–water partition coefficient (Wildman–Crippen LogP) is 1.82. The lowest BCUT2D eigenvalue weighted by molar-refractivity contribution is -0.132. The second-order valence-electron chi connectivity index (χ2n) is 6.67. The first-order valence-corrected chi connectivity index (χ1v) is 8.35. The second-order valence-corrected chi connectivity index (χ2v) is 6.67. The SMILES string of the molecule is CC(C)C(=O)NCC1CCCN(C(=O)Cc2ccc(N)cc2)C1. The summed E-state index contributed by atoms with van der Waals surface area (Å²) in [5.41, 5.74) is 7.36. The van der Waals surface area contributed by atoms with Gasteiger partial charge in [0.05, 0.1) is 6.42 Å². The number of nitrogens with zero attached hydrogens (tertiary/aromatic N) is 1. The largest absolute Gasteiger partial charge is 0.399 e. The normalized spacial score (nSPS) is 18.0. The first kappa shape index (κ1) is 17.3. The number of nitrogens with two attached hydrogens (primary N) is 1. The van der Waals surface area contributed by atoms with E-state index in [2.05, 4.69) is 5.32 Å². The third-order valence-corrected chi connectivity index (χ3v) is 4.30. The summed E-state index contributed by atoms with van der Waals surface area (Å²) in [7, 11) is 0. The minimum atomic E-state index is 0.00171. The van der Waals surface area contributed by atoms with Gasteiger partial charge in [-0.25, -0.2) is 0 Å². The third-order valence-electron chi connectivity index (χ3n) is 4.30. The molecule has 1 aliphatic heterocycles. The van der Waals surface area contributed by atoms with Crippen LogP contribution in [-0.4, -0.2) is 36.3 Å². The van der Waals surface area contributed by atoms with Crippen molar-refractivity contribution in [2.24, 2.45) is 11.8 Å². The third kappa shape index (κ3) is 5.27. The Morgan fingerprint density at radius 3 is 2.65 bits per heavy atom. The van der Waals surface area contributed by atoms with E-state index in [1.165, 1.54) is 0 Å². The molecule has 5 nitrogen and oxygen atoms in total. The fourth-order valence-electron chi connectivity index (χ4n) is 2.83. The van der Waals surface area contributed by atoms with E-state index in [4.69, 9.17) is 5.73 Å². The van der Waals surface area contributed by atoms with E-state index in [1.54, 1.807) is 0 Å². The quantitative estimate of drug-likeness (QED) is 0.814. The molecule has 1 aliphatic rings. The van der Waals surface area contributed by atoms with Gasteiger partial charge in [-0.05, 0) is 36.5 Å². The Labute approximate surface area is 138 Å². The number of carbonyl (C=O) groups excluding carboxylic acids is 2. The number of nitrogen functional groups attached to an aromatic ring is 1. The van der Waals surface area contributed by atoms with Crippen molar-refractivity contribution in [2.45, 2.75) is 33.1 Å². The molecule has 23 heavy (non-hydrogen) atoms. The molecule has 2 rings (SSSR count). The zero-order valence-corrected chi connectivity index (χ0v) is 14.0. The molecule has 3 N–H and O–H groups in total. The van der Waals surface area contributed by atoms with Crippen molar-refractivity contribution >= 4 is 17.5 Å². The van der Waals surface area contributed by atoms with Gasteiger partial charge in [-0.15, -0.1) is 0 Å². The van der Waals surface area contributed by atoms with E-state index in [9.17, 15) is 9.59 Å². The fourth-order valence-corrected chi connectivity index (χ4v) is 2.83. The molecule has 1 saturated heterocycles. The number of amides is 2. The number of anilines is 1. The van der Waals surface area contributed by atoms with Crippen LogP contribution in [-0.2, 0) is 16.0 Å².